The van der Waals surface area contributed by atoms with E-state index in [0.29, 0.717) is 0 Å². The molecule has 1 fully saturated rings. The van der Waals surface area contributed by atoms with Crippen LogP contribution in [0.15, 0.2) is 12.2 Å². The normalized spacial score (nSPS) is 46.8. The number of hydrogen-bond acceptors (Lipinski definition) is 3. The van der Waals surface area contributed by atoms with Crippen LogP contribution < -0.4 is 0 Å². The van der Waals surface area contributed by atoms with E-state index in [-0.39, 0.29) is 18.0 Å². The molecule has 48 valence electrons. The number of aliphatic hydroxyl groups is 1. The zero-order chi connectivity index (χ0) is 6.43. The van der Waals surface area contributed by atoms with Crippen molar-refractivity contribution < 1.29 is 14.6 Å². The second-order valence-corrected chi connectivity index (χ2v) is 2.27. The van der Waals surface area contributed by atoms with E-state index in [2.05, 4.69) is 0 Å². The summed E-state index contributed by atoms with van der Waals surface area (Å²) in [6.45, 7) is 0. The molecule has 1 aliphatic carbocycles. The van der Waals surface area contributed by atoms with Crippen molar-refractivity contribution in [1.29, 1.82) is 0 Å². The first-order chi connectivity index (χ1) is 4.29. The van der Waals surface area contributed by atoms with Gasteiger partial charge in [-0.2, -0.15) is 0 Å². The highest BCUT2D eigenvalue weighted by molar-refractivity contribution is 5.97. The Morgan fingerprint density at radius 3 is 3.11 bits per heavy atom. The minimum atomic E-state index is -0.562. The summed E-state index contributed by atoms with van der Waals surface area (Å²) in [5.74, 6) is -0.0229. The summed E-state index contributed by atoms with van der Waals surface area (Å²) in [6.07, 6.45) is 1.72. The Balaban J connectivity index is 2.25. The lowest BCUT2D eigenvalue weighted by atomic mass is 10.0. The largest absolute Gasteiger partial charge is 0.386 e. The fourth-order valence-corrected chi connectivity index (χ4v) is 1.01. The van der Waals surface area contributed by atoms with Crippen LogP contribution in [0.3, 0.4) is 0 Å². The molecule has 2 rings (SSSR count). The fourth-order valence-electron chi connectivity index (χ4n) is 1.01. The Morgan fingerprint density at radius 2 is 2.44 bits per heavy atom. The first-order valence-corrected chi connectivity index (χ1v) is 2.84. The third-order valence-electron chi connectivity index (χ3n) is 1.60. The van der Waals surface area contributed by atoms with Gasteiger partial charge in [-0.1, -0.05) is 0 Å². The van der Waals surface area contributed by atoms with Crippen LogP contribution in [0.5, 0.6) is 0 Å². The van der Waals surface area contributed by atoms with Crippen molar-refractivity contribution in [1.82, 2.24) is 0 Å². The maximum absolute atomic E-state index is 10.7. The molecule has 1 heterocycles. The van der Waals surface area contributed by atoms with E-state index >= 15 is 0 Å². The summed E-state index contributed by atoms with van der Waals surface area (Å²) >= 11 is 0. The second kappa shape index (κ2) is 1.43. The SMILES string of the molecule is O=C1C=C[C@H](O)[C@@H]2O[C@H]12. The van der Waals surface area contributed by atoms with Gasteiger partial charge in [0.15, 0.2) is 5.78 Å². The summed E-state index contributed by atoms with van der Waals surface area (Å²) in [7, 11) is 0. The number of fused-ring (bicyclic) bond motifs is 1. The predicted molar refractivity (Wildman–Crippen MR) is 28.8 cm³/mol. The summed E-state index contributed by atoms with van der Waals surface area (Å²) in [4.78, 5) is 10.7. The van der Waals surface area contributed by atoms with Gasteiger partial charge in [0.2, 0.25) is 0 Å². The van der Waals surface area contributed by atoms with Crippen LogP contribution in [-0.4, -0.2) is 29.2 Å². The van der Waals surface area contributed by atoms with Gasteiger partial charge in [0.1, 0.15) is 18.3 Å². The van der Waals surface area contributed by atoms with Gasteiger partial charge in [-0.3, -0.25) is 4.79 Å². The molecule has 1 N–H and O–H groups in total. The van der Waals surface area contributed by atoms with Crippen LogP contribution in [0, 0.1) is 0 Å². The zero-order valence-electron chi connectivity index (χ0n) is 4.65. The Bertz CT molecular complexity index is 183. The van der Waals surface area contributed by atoms with E-state index in [0.717, 1.165) is 0 Å². The van der Waals surface area contributed by atoms with Crippen LogP contribution in [0.2, 0.25) is 0 Å². The molecule has 0 aromatic carbocycles. The van der Waals surface area contributed by atoms with Crippen LogP contribution in [0.25, 0.3) is 0 Å². The van der Waals surface area contributed by atoms with Crippen molar-refractivity contribution in [3.63, 3.8) is 0 Å². The first-order valence-electron chi connectivity index (χ1n) is 2.84. The summed E-state index contributed by atoms with van der Waals surface area (Å²) < 4.78 is 4.84. The van der Waals surface area contributed by atoms with Crippen molar-refractivity contribution in [2.24, 2.45) is 0 Å². The molecule has 0 spiro atoms. The molecule has 0 bridgehead atoms. The van der Waals surface area contributed by atoms with Crippen molar-refractivity contribution in [2.75, 3.05) is 0 Å². The molecule has 0 unspecified atom stereocenters. The predicted octanol–water partition coefficient (Wildman–Crippen LogP) is -0.746. The lowest BCUT2D eigenvalue weighted by Crippen LogP contribution is -2.22. The molecular formula is C6H6O3. The van der Waals surface area contributed by atoms with Crippen molar-refractivity contribution in [2.45, 2.75) is 18.3 Å². The van der Waals surface area contributed by atoms with Gasteiger partial charge in [0.05, 0.1) is 0 Å². The number of ether oxygens (including phenoxy) is 1. The standard InChI is InChI=1S/C6H6O3/c7-3-1-2-4(8)6-5(3)9-6/h1-3,5-7H/t3-,5-,6+/m0/s1. The smallest absolute Gasteiger partial charge is 0.186 e. The van der Waals surface area contributed by atoms with Crippen LogP contribution >= 0.6 is 0 Å². The minimum absolute atomic E-state index is 0.0229. The molecule has 2 aliphatic rings. The average Bonchev–Trinajstić information content (AvgIpc) is 2.57. The van der Waals surface area contributed by atoms with Gasteiger partial charge in [-0.05, 0) is 12.2 Å². The zero-order valence-corrected chi connectivity index (χ0v) is 4.65. The Labute approximate surface area is 51.9 Å². The number of hydrogen-bond donors (Lipinski definition) is 1. The van der Waals surface area contributed by atoms with Gasteiger partial charge in [-0.25, -0.2) is 0 Å². The average molecular weight is 126 g/mol. The van der Waals surface area contributed by atoms with E-state index in [4.69, 9.17) is 9.84 Å². The Morgan fingerprint density at radius 1 is 1.67 bits per heavy atom. The highest BCUT2D eigenvalue weighted by atomic mass is 16.6. The molecule has 3 heteroatoms. The van der Waals surface area contributed by atoms with E-state index in [9.17, 15) is 4.79 Å². The number of carbonyl (C=O) groups is 1. The number of rotatable bonds is 0. The summed E-state index contributed by atoms with van der Waals surface area (Å²) in [6, 6.07) is 0. The lowest BCUT2D eigenvalue weighted by Gasteiger charge is -2.02. The molecule has 0 amide bonds. The van der Waals surface area contributed by atoms with Gasteiger partial charge in [0.25, 0.3) is 0 Å². The van der Waals surface area contributed by atoms with Crippen molar-refractivity contribution in [3.8, 4) is 0 Å². The molecular weight excluding hydrogens is 120 g/mol. The number of epoxide rings is 1. The quantitative estimate of drug-likeness (QED) is 0.434. The van der Waals surface area contributed by atoms with Crippen LogP contribution in [0.4, 0.5) is 0 Å². The molecule has 0 saturated carbocycles. The highest BCUT2D eigenvalue weighted by Gasteiger charge is 2.49. The summed E-state index contributed by atoms with van der Waals surface area (Å²) in [5, 5.41) is 8.97. The van der Waals surface area contributed by atoms with Gasteiger partial charge >= 0.3 is 0 Å². The topological polar surface area (TPSA) is 49.8 Å². The van der Waals surface area contributed by atoms with Crippen molar-refractivity contribution >= 4 is 5.78 Å². The first kappa shape index (κ1) is 5.14. The van der Waals surface area contributed by atoms with Crippen molar-refractivity contribution in [3.05, 3.63) is 12.2 Å². The Hall–Kier alpha value is -0.670. The van der Waals surface area contributed by atoms with E-state index in [1.807, 2.05) is 0 Å². The van der Waals surface area contributed by atoms with Gasteiger partial charge in [-0.15, -0.1) is 0 Å². The molecule has 0 aromatic heterocycles. The highest BCUT2D eigenvalue weighted by Crippen LogP contribution is 2.30. The summed E-state index contributed by atoms with van der Waals surface area (Å²) in [5.41, 5.74) is 0. The van der Waals surface area contributed by atoms with Gasteiger partial charge < -0.3 is 9.84 Å². The Kier molecular flexibility index (Phi) is 0.817. The van der Waals surface area contributed by atoms with Gasteiger partial charge in [0, 0.05) is 0 Å². The molecule has 1 aliphatic heterocycles. The van der Waals surface area contributed by atoms with E-state index in [1.165, 1.54) is 12.2 Å². The number of ketones is 1. The number of carbonyl (C=O) groups excluding carboxylic acids is 1. The fraction of sp³-hybridized carbons (Fsp3) is 0.500. The molecule has 0 aromatic rings. The second-order valence-electron chi connectivity index (χ2n) is 2.27. The molecule has 3 atom stereocenters. The minimum Gasteiger partial charge on any atom is -0.386 e. The van der Waals surface area contributed by atoms with Crippen LogP contribution in [0.1, 0.15) is 0 Å². The molecule has 0 radical (unpaired) electrons. The van der Waals surface area contributed by atoms with E-state index in [1.54, 1.807) is 0 Å². The number of aliphatic hydroxyl groups excluding tert-OH is 1. The van der Waals surface area contributed by atoms with Crippen LogP contribution in [-0.2, 0) is 9.53 Å². The monoisotopic (exact) mass is 126 g/mol. The lowest BCUT2D eigenvalue weighted by molar-refractivity contribution is -0.115. The third-order valence-corrected chi connectivity index (χ3v) is 1.60. The maximum Gasteiger partial charge on any atom is 0.186 e. The third kappa shape index (κ3) is 0.620. The maximum atomic E-state index is 10.7. The molecule has 9 heavy (non-hydrogen) atoms. The van der Waals surface area contributed by atoms with E-state index < -0.39 is 6.10 Å². The molecule has 3 nitrogen and oxygen atoms in total. The molecule has 1 saturated heterocycles.